The first kappa shape index (κ1) is 13.0. The molecule has 0 fully saturated rings. The van der Waals surface area contributed by atoms with Crippen molar-refractivity contribution in [3.63, 3.8) is 0 Å². The molecule has 3 aromatic rings. The van der Waals surface area contributed by atoms with E-state index in [4.69, 9.17) is 28.9 Å². The van der Waals surface area contributed by atoms with Crippen LogP contribution in [0.2, 0.25) is 10.0 Å². The highest BCUT2D eigenvalue weighted by atomic mass is 35.5. The number of rotatable bonds is 2. The number of nitrogens with zero attached hydrogens (tertiary/aromatic N) is 3. The Kier molecular flexibility index (Phi) is 3.34. The van der Waals surface area contributed by atoms with Crippen LogP contribution in [0.4, 0.5) is 5.82 Å². The maximum Gasteiger partial charge on any atom is 0.123 e. The predicted octanol–water partition coefficient (Wildman–Crippen LogP) is 3.82. The molecule has 0 amide bonds. The molecule has 0 atom stereocenters. The van der Waals surface area contributed by atoms with E-state index in [1.807, 2.05) is 16.7 Å². The van der Waals surface area contributed by atoms with Crippen molar-refractivity contribution < 1.29 is 0 Å². The summed E-state index contributed by atoms with van der Waals surface area (Å²) in [5.74, 6) is 0.469. The first-order valence-corrected chi connectivity index (χ1v) is 6.60. The molecule has 2 aromatic heterocycles. The van der Waals surface area contributed by atoms with Gasteiger partial charge in [0, 0.05) is 10.6 Å². The largest absolute Gasteiger partial charge is 0.384 e. The van der Waals surface area contributed by atoms with Gasteiger partial charge in [-0.05, 0) is 30.3 Å². The summed E-state index contributed by atoms with van der Waals surface area (Å²) in [6, 6.07) is 8.92. The van der Waals surface area contributed by atoms with Gasteiger partial charge in [-0.25, -0.2) is 9.97 Å². The first-order valence-electron chi connectivity index (χ1n) is 5.85. The second kappa shape index (κ2) is 5.15. The van der Waals surface area contributed by atoms with Crippen LogP contribution >= 0.6 is 23.2 Å². The van der Waals surface area contributed by atoms with Crippen molar-refractivity contribution in [3.05, 3.63) is 59.1 Å². The average molecular weight is 305 g/mol. The lowest BCUT2D eigenvalue weighted by Crippen LogP contribution is -1.98. The highest BCUT2D eigenvalue weighted by Gasteiger charge is 2.11. The number of halogens is 2. The number of imidazole rings is 1. The summed E-state index contributed by atoms with van der Waals surface area (Å²) >= 11 is 12.3. The molecule has 100 valence electrons. The Labute approximate surface area is 125 Å². The summed E-state index contributed by atoms with van der Waals surface area (Å²) in [5.41, 5.74) is 8.10. The van der Waals surface area contributed by atoms with Crippen LogP contribution in [0.15, 0.2) is 49.1 Å². The molecule has 0 aliphatic carbocycles. The monoisotopic (exact) mass is 304 g/mol. The lowest BCUT2D eigenvalue weighted by molar-refractivity contribution is 1.05. The first-order chi connectivity index (χ1) is 9.65. The standard InChI is InChI=1S/C14H10Cl2N4/c15-9-1-3-12(16)11(5-9)13-7-18-8-20(13)10-2-4-14(17)19-6-10/h1-8H,(H2,17,19). The Balaban J connectivity index is 2.15. The maximum atomic E-state index is 6.24. The second-order valence-corrected chi connectivity index (χ2v) is 5.06. The van der Waals surface area contributed by atoms with Crippen LogP contribution in [-0.4, -0.2) is 14.5 Å². The summed E-state index contributed by atoms with van der Waals surface area (Å²) in [5, 5.41) is 1.23. The molecule has 0 saturated heterocycles. The number of nitrogens with two attached hydrogens (primary N) is 1. The van der Waals surface area contributed by atoms with Crippen LogP contribution in [-0.2, 0) is 0 Å². The van der Waals surface area contributed by atoms with Gasteiger partial charge in [-0.1, -0.05) is 23.2 Å². The summed E-state index contributed by atoms with van der Waals surface area (Å²) in [6.45, 7) is 0. The quantitative estimate of drug-likeness (QED) is 0.783. The average Bonchev–Trinajstić information content (AvgIpc) is 2.91. The van der Waals surface area contributed by atoms with Gasteiger partial charge in [0.1, 0.15) is 5.82 Å². The Hall–Kier alpha value is -2.04. The SMILES string of the molecule is Nc1ccc(-n2cncc2-c2cc(Cl)ccc2Cl)cn1. The number of nitrogen functional groups attached to an aromatic ring is 1. The summed E-state index contributed by atoms with van der Waals surface area (Å²) in [4.78, 5) is 8.25. The van der Waals surface area contributed by atoms with Crippen molar-refractivity contribution in [2.24, 2.45) is 0 Å². The number of aromatic nitrogens is 3. The molecule has 0 aliphatic rings. The van der Waals surface area contributed by atoms with E-state index in [2.05, 4.69) is 9.97 Å². The Morgan fingerprint density at radius 3 is 2.65 bits per heavy atom. The number of hydrogen-bond acceptors (Lipinski definition) is 3. The van der Waals surface area contributed by atoms with Crippen molar-refractivity contribution in [1.29, 1.82) is 0 Å². The fourth-order valence-corrected chi connectivity index (χ4v) is 2.32. The number of anilines is 1. The van der Waals surface area contributed by atoms with E-state index in [1.165, 1.54) is 0 Å². The number of benzene rings is 1. The fourth-order valence-electron chi connectivity index (χ4n) is 1.93. The zero-order valence-corrected chi connectivity index (χ0v) is 11.8. The lowest BCUT2D eigenvalue weighted by atomic mass is 10.1. The topological polar surface area (TPSA) is 56.7 Å². The van der Waals surface area contributed by atoms with Gasteiger partial charge in [0.15, 0.2) is 0 Å². The summed E-state index contributed by atoms with van der Waals surface area (Å²) < 4.78 is 1.88. The Morgan fingerprint density at radius 1 is 1.05 bits per heavy atom. The van der Waals surface area contributed by atoms with Gasteiger partial charge in [-0.3, -0.25) is 4.57 Å². The van der Waals surface area contributed by atoms with E-state index in [9.17, 15) is 0 Å². The Bertz CT molecular complexity index is 750. The highest BCUT2D eigenvalue weighted by Crippen LogP contribution is 2.31. The smallest absolute Gasteiger partial charge is 0.123 e. The van der Waals surface area contributed by atoms with E-state index >= 15 is 0 Å². The van der Waals surface area contributed by atoms with Gasteiger partial charge < -0.3 is 5.73 Å². The molecule has 2 N–H and O–H groups in total. The lowest BCUT2D eigenvalue weighted by Gasteiger charge is -2.10. The Morgan fingerprint density at radius 2 is 1.90 bits per heavy atom. The second-order valence-electron chi connectivity index (χ2n) is 4.21. The molecule has 0 bridgehead atoms. The van der Waals surface area contributed by atoms with Crippen LogP contribution in [0.3, 0.4) is 0 Å². The van der Waals surface area contributed by atoms with Crippen molar-refractivity contribution in [3.8, 4) is 16.9 Å². The normalized spacial score (nSPS) is 10.7. The molecule has 2 heterocycles. The van der Waals surface area contributed by atoms with Crippen molar-refractivity contribution in [1.82, 2.24) is 14.5 Å². The van der Waals surface area contributed by atoms with Gasteiger partial charge in [0.2, 0.25) is 0 Å². The van der Waals surface area contributed by atoms with E-state index in [-0.39, 0.29) is 0 Å². The molecule has 20 heavy (non-hydrogen) atoms. The molecule has 0 saturated carbocycles. The minimum Gasteiger partial charge on any atom is -0.384 e. The molecule has 1 aromatic carbocycles. The van der Waals surface area contributed by atoms with Crippen molar-refractivity contribution >= 4 is 29.0 Å². The van der Waals surface area contributed by atoms with Crippen LogP contribution in [0.25, 0.3) is 16.9 Å². The van der Waals surface area contributed by atoms with E-state index < -0.39 is 0 Å². The zero-order valence-electron chi connectivity index (χ0n) is 10.3. The minimum atomic E-state index is 0.469. The van der Waals surface area contributed by atoms with E-state index in [0.717, 1.165) is 16.9 Å². The van der Waals surface area contributed by atoms with Crippen molar-refractivity contribution in [2.75, 3.05) is 5.73 Å². The van der Waals surface area contributed by atoms with Gasteiger partial charge in [-0.15, -0.1) is 0 Å². The molecular weight excluding hydrogens is 295 g/mol. The predicted molar refractivity (Wildman–Crippen MR) is 81.2 cm³/mol. The van der Waals surface area contributed by atoms with E-state index in [1.54, 1.807) is 36.9 Å². The third-order valence-corrected chi connectivity index (χ3v) is 3.46. The minimum absolute atomic E-state index is 0.469. The van der Waals surface area contributed by atoms with Crippen LogP contribution in [0.1, 0.15) is 0 Å². The number of pyridine rings is 1. The highest BCUT2D eigenvalue weighted by molar-refractivity contribution is 6.35. The maximum absolute atomic E-state index is 6.24. The molecule has 0 spiro atoms. The molecule has 3 rings (SSSR count). The van der Waals surface area contributed by atoms with Gasteiger partial charge >= 0.3 is 0 Å². The molecular formula is C14H10Cl2N4. The van der Waals surface area contributed by atoms with Gasteiger partial charge in [-0.2, -0.15) is 0 Å². The van der Waals surface area contributed by atoms with Crippen molar-refractivity contribution in [2.45, 2.75) is 0 Å². The fraction of sp³-hybridized carbons (Fsp3) is 0. The molecule has 0 radical (unpaired) electrons. The summed E-state index contributed by atoms with van der Waals surface area (Å²) in [6.07, 6.45) is 5.10. The van der Waals surface area contributed by atoms with Gasteiger partial charge in [0.05, 0.1) is 35.1 Å². The third-order valence-electron chi connectivity index (χ3n) is 2.89. The molecule has 4 nitrogen and oxygen atoms in total. The molecule has 0 aliphatic heterocycles. The van der Waals surface area contributed by atoms with Crippen LogP contribution < -0.4 is 5.73 Å². The third kappa shape index (κ3) is 2.35. The molecule has 6 heteroatoms. The van der Waals surface area contributed by atoms with Crippen LogP contribution in [0.5, 0.6) is 0 Å². The van der Waals surface area contributed by atoms with Crippen LogP contribution in [0, 0.1) is 0 Å². The van der Waals surface area contributed by atoms with E-state index in [0.29, 0.717) is 15.9 Å². The number of hydrogen-bond donors (Lipinski definition) is 1. The molecule has 0 unspecified atom stereocenters. The van der Waals surface area contributed by atoms with Gasteiger partial charge in [0.25, 0.3) is 0 Å². The summed E-state index contributed by atoms with van der Waals surface area (Å²) in [7, 11) is 0. The zero-order chi connectivity index (χ0) is 14.1.